The van der Waals surface area contributed by atoms with Crippen LogP contribution in [-0.2, 0) is 0 Å². The summed E-state index contributed by atoms with van der Waals surface area (Å²) in [6.45, 7) is 0. The molecule has 0 aromatic heterocycles. The maximum atomic E-state index is 2.20. The van der Waals surface area contributed by atoms with E-state index in [1.165, 1.54) is 8.85 Å². The molecule has 0 atom stereocenters. The lowest BCUT2D eigenvalue weighted by Crippen LogP contribution is -2.26. The number of benzene rings is 2. The normalized spacial score (nSPS) is 8.86. The Bertz CT molecular complexity index is 321. The van der Waals surface area contributed by atoms with Crippen molar-refractivity contribution in [2.75, 3.05) is 0 Å². The van der Waals surface area contributed by atoms with Gasteiger partial charge < -0.3 is 0 Å². The molecule has 0 aliphatic rings. The van der Waals surface area contributed by atoms with Crippen LogP contribution in [0.2, 0.25) is 0 Å². The van der Waals surface area contributed by atoms with Crippen molar-refractivity contribution < 1.29 is 4.70 Å². The van der Waals surface area contributed by atoms with Crippen LogP contribution in [0.1, 0.15) is 0 Å². The van der Waals surface area contributed by atoms with Gasteiger partial charge in [0.05, 0.1) is 0 Å². The molecule has 2 aromatic carbocycles. The second kappa shape index (κ2) is 5.59. The van der Waals surface area contributed by atoms with Crippen LogP contribution < -0.4 is 8.85 Å². The Morgan fingerprint density at radius 2 is 0.929 bits per heavy atom. The number of halogens is 1. The lowest BCUT2D eigenvalue weighted by Gasteiger charge is -1.98. The topological polar surface area (TPSA) is 0 Å². The molecule has 0 saturated heterocycles. The van der Waals surface area contributed by atoms with Crippen molar-refractivity contribution in [1.29, 1.82) is 0 Å². The summed E-state index contributed by atoms with van der Waals surface area (Å²) in [4.78, 5) is 0. The highest BCUT2D eigenvalue weighted by molar-refractivity contribution is 6.67. The van der Waals surface area contributed by atoms with E-state index in [-0.39, 0.29) is 19.9 Å². The molecule has 0 aliphatic heterocycles. The van der Waals surface area contributed by atoms with Crippen molar-refractivity contribution >= 4 is 24.1 Å². The molecular weight excluding hydrogens is 190 g/mol. The van der Waals surface area contributed by atoms with Crippen LogP contribution in [-0.4, -0.2) is 15.2 Å². The molecule has 0 spiro atoms. The van der Waals surface area contributed by atoms with Crippen LogP contribution in [0.4, 0.5) is 4.70 Å². The summed E-state index contributed by atoms with van der Waals surface area (Å²) >= 11 is 0.271. The molecule has 0 N–H and O–H groups in total. The first kappa shape index (κ1) is 11.0. The highest BCUT2D eigenvalue weighted by Crippen LogP contribution is 1.84. The Morgan fingerprint density at radius 1 is 0.571 bits per heavy atom. The van der Waals surface area contributed by atoms with Gasteiger partial charge in [-0.3, -0.25) is 4.70 Å². The van der Waals surface area contributed by atoms with E-state index in [1.807, 2.05) is 0 Å². The van der Waals surface area contributed by atoms with Crippen molar-refractivity contribution in [3.05, 3.63) is 60.7 Å². The van der Waals surface area contributed by atoms with Crippen molar-refractivity contribution in [1.82, 2.24) is 0 Å². The zero-order valence-corrected chi connectivity index (χ0v) is 8.91. The third kappa shape index (κ3) is 2.99. The van der Waals surface area contributed by atoms with Gasteiger partial charge in [0.1, 0.15) is 0 Å². The van der Waals surface area contributed by atoms with Gasteiger partial charge in [0.15, 0.2) is 0 Å². The highest BCUT2D eigenvalue weighted by Gasteiger charge is 1.96. The first-order valence-electron chi connectivity index (χ1n) is 4.40. The zero-order valence-electron chi connectivity index (χ0n) is 7.76. The Balaban J connectivity index is 0.000000980. The van der Waals surface area contributed by atoms with Gasteiger partial charge in [-0.2, -0.15) is 0 Å². The van der Waals surface area contributed by atoms with Gasteiger partial charge >= 0.3 is 0 Å². The molecule has 1 radical (unpaired) electrons. The first-order chi connectivity index (χ1) is 6.45. The van der Waals surface area contributed by atoms with Gasteiger partial charge in [0.2, 0.25) is 0 Å². The average Bonchev–Trinajstić information content (AvgIpc) is 2.21. The number of hydrogen-bond donors (Lipinski definition) is 0. The largest absolute Gasteiger partial charge is 0.298 e. The summed E-state index contributed by atoms with van der Waals surface area (Å²) in [7, 11) is 0. The Labute approximate surface area is 89.7 Å². The Kier molecular flexibility index (Phi) is 4.39. The fourth-order valence-electron chi connectivity index (χ4n) is 1.29. The molecule has 0 unspecified atom stereocenters. The van der Waals surface area contributed by atoms with E-state index in [0.717, 1.165) is 0 Å². The Hall–Kier alpha value is -1.10. The van der Waals surface area contributed by atoms with Crippen LogP contribution in [0.15, 0.2) is 60.7 Å². The molecule has 2 aromatic rings. The van der Waals surface area contributed by atoms with E-state index in [2.05, 4.69) is 60.7 Å². The first-order valence-corrected chi connectivity index (χ1v) is 5.55. The molecule has 0 saturated carbocycles. The van der Waals surface area contributed by atoms with E-state index >= 15 is 0 Å². The summed E-state index contributed by atoms with van der Waals surface area (Å²) < 4.78 is 2.90. The summed E-state index contributed by atoms with van der Waals surface area (Å²) in [5.41, 5.74) is 0. The fraction of sp³-hybridized carbons (Fsp3) is 0. The predicted molar refractivity (Wildman–Crippen MR) is 60.4 cm³/mol. The second-order valence-corrected chi connectivity index (χ2v) is 4.59. The third-order valence-corrected chi connectivity index (χ3v) is 3.37. The van der Waals surface area contributed by atoms with Gasteiger partial charge in [-0.05, 0) is 0 Å². The van der Waals surface area contributed by atoms with Crippen molar-refractivity contribution in [3.63, 3.8) is 0 Å². The molecule has 0 aliphatic carbocycles. The lowest BCUT2D eigenvalue weighted by atomic mass is 10.4. The van der Waals surface area contributed by atoms with E-state index in [1.54, 1.807) is 0 Å². The van der Waals surface area contributed by atoms with Crippen LogP contribution >= 0.6 is 0 Å². The minimum atomic E-state index is 0. The summed E-state index contributed by atoms with van der Waals surface area (Å²) in [6.07, 6.45) is 0. The quantitative estimate of drug-likeness (QED) is 0.646. The minimum absolute atomic E-state index is 0. The van der Waals surface area contributed by atoms with Crippen LogP contribution in [0.3, 0.4) is 0 Å². The van der Waals surface area contributed by atoms with E-state index in [9.17, 15) is 0 Å². The molecule has 2 heteroatoms. The average molecular weight is 201 g/mol. The van der Waals surface area contributed by atoms with Gasteiger partial charge in [0.25, 0.3) is 15.2 Å². The molecule has 0 nitrogen and oxygen atoms in total. The van der Waals surface area contributed by atoms with Crippen LogP contribution in [0.5, 0.6) is 0 Å². The molecule has 0 bridgehead atoms. The molecule has 0 fully saturated rings. The van der Waals surface area contributed by atoms with E-state index < -0.39 is 0 Å². The second-order valence-electron chi connectivity index (χ2n) is 2.97. The molecule has 0 heterocycles. The zero-order chi connectivity index (χ0) is 8.93. The summed E-state index contributed by atoms with van der Waals surface area (Å²) in [6, 6.07) is 21.3. The number of rotatable bonds is 2. The standard InChI is InChI=1S/2C6H5.Al.FH/c2*1-2-4-6-5-3-1;;/h2*1-5H;;1H. The van der Waals surface area contributed by atoms with E-state index in [4.69, 9.17) is 0 Å². The predicted octanol–water partition coefficient (Wildman–Crippen LogP) is 1.49. The monoisotopic (exact) mass is 201 g/mol. The van der Waals surface area contributed by atoms with E-state index in [0.29, 0.717) is 0 Å². The molecule has 0 amide bonds. The maximum absolute atomic E-state index is 2.20. The SMILES string of the molecule is F.c1cc[c]([Al][c]2ccccc2)cc1. The third-order valence-electron chi connectivity index (χ3n) is 1.93. The lowest BCUT2D eigenvalue weighted by molar-refractivity contribution is 1.11. The Morgan fingerprint density at radius 3 is 1.29 bits per heavy atom. The van der Waals surface area contributed by atoms with Gasteiger partial charge in [0, 0.05) is 0 Å². The van der Waals surface area contributed by atoms with Gasteiger partial charge in [-0.15, -0.1) is 8.85 Å². The molecule has 69 valence electrons. The summed E-state index contributed by atoms with van der Waals surface area (Å²) in [5.74, 6) is 0. The van der Waals surface area contributed by atoms with Crippen molar-refractivity contribution in [2.24, 2.45) is 0 Å². The minimum Gasteiger partial charge on any atom is -0.269 e. The van der Waals surface area contributed by atoms with Crippen molar-refractivity contribution in [2.45, 2.75) is 0 Å². The maximum Gasteiger partial charge on any atom is 0.298 e. The fourth-order valence-corrected chi connectivity index (χ4v) is 2.51. The molecule has 2 rings (SSSR count). The smallest absolute Gasteiger partial charge is 0.269 e. The van der Waals surface area contributed by atoms with Crippen molar-refractivity contribution in [3.8, 4) is 0 Å². The van der Waals surface area contributed by atoms with Crippen LogP contribution in [0, 0.1) is 0 Å². The van der Waals surface area contributed by atoms with Gasteiger partial charge in [-0.1, -0.05) is 60.7 Å². The van der Waals surface area contributed by atoms with Gasteiger partial charge in [-0.25, -0.2) is 0 Å². The summed E-state index contributed by atoms with van der Waals surface area (Å²) in [5, 5.41) is 0. The molecular formula is C12H11AlF. The highest BCUT2D eigenvalue weighted by atomic mass is 27.1. The molecule has 14 heavy (non-hydrogen) atoms. The van der Waals surface area contributed by atoms with Crippen LogP contribution in [0.25, 0.3) is 0 Å². The number of hydrogen-bond acceptors (Lipinski definition) is 0.